The van der Waals surface area contributed by atoms with Crippen LogP contribution in [-0.4, -0.2) is 12.0 Å². The number of benzene rings is 2. The molecule has 0 heterocycles. The standard InChI is InChI=1S/C17H17NO/c1-13-6-8-15(9-7-13)17(19)10-11-18-16-5-3-4-14(2)12-16/h3-9,11-12H,10H2,1-2H3. The van der Waals surface area contributed by atoms with Crippen LogP contribution >= 0.6 is 0 Å². The van der Waals surface area contributed by atoms with E-state index in [1.165, 1.54) is 5.56 Å². The first-order chi connectivity index (χ1) is 9.15. The topological polar surface area (TPSA) is 29.4 Å². The van der Waals surface area contributed by atoms with E-state index in [-0.39, 0.29) is 5.78 Å². The fourth-order valence-corrected chi connectivity index (χ4v) is 1.80. The molecule has 0 spiro atoms. The van der Waals surface area contributed by atoms with Crippen molar-refractivity contribution < 1.29 is 4.79 Å². The van der Waals surface area contributed by atoms with Crippen LogP contribution in [0.1, 0.15) is 27.9 Å². The minimum Gasteiger partial charge on any atom is -0.294 e. The second-order valence-corrected chi connectivity index (χ2v) is 4.64. The predicted molar refractivity (Wildman–Crippen MR) is 79.5 cm³/mol. The van der Waals surface area contributed by atoms with Crippen LogP contribution in [0.4, 0.5) is 5.69 Å². The number of hydrogen-bond donors (Lipinski definition) is 0. The highest BCUT2D eigenvalue weighted by molar-refractivity contribution is 6.03. The molecular formula is C17H17NO. The first-order valence-electron chi connectivity index (χ1n) is 6.34. The predicted octanol–water partition coefficient (Wildman–Crippen LogP) is 4.28. The number of hydrogen-bond acceptors (Lipinski definition) is 2. The average Bonchev–Trinajstić information content (AvgIpc) is 2.39. The minimum absolute atomic E-state index is 0.0939. The summed E-state index contributed by atoms with van der Waals surface area (Å²) < 4.78 is 0. The summed E-state index contributed by atoms with van der Waals surface area (Å²) in [5.41, 5.74) is 3.95. The summed E-state index contributed by atoms with van der Waals surface area (Å²) in [6.45, 7) is 4.03. The number of carbonyl (C=O) groups is 1. The van der Waals surface area contributed by atoms with Gasteiger partial charge in [0, 0.05) is 18.2 Å². The summed E-state index contributed by atoms with van der Waals surface area (Å²) in [5, 5.41) is 0. The van der Waals surface area contributed by atoms with Crippen molar-refractivity contribution in [1.29, 1.82) is 0 Å². The van der Waals surface area contributed by atoms with Crippen molar-refractivity contribution in [2.24, 2.45) is 4.99 Å². The van der Waals surface area contributed by atoms with E-state index < -0.39 is 0 Å². The molecule has 0 bridgehead atoms. The summed E-state index contributed by atoms with van der Waals surface area (Å²) in [6, 6.07) is 15.5. The molecule has 0 fully saturated rings. The summed E-state index contributed by atoms with van der Waals surface area (Å²) in [7, 11) is 0. The molecule has 0 aliphatic rings. The summed E-state index contributed by atoms with van der Waals surface area (Å²) >= 11 is 0. The van der Waals surface area contributed by atoms with Gasteiger partial charge in [-0.2, -0.15) is 0 Å². The molecule has 2 rings (SSSR count). The Morgan fingerprint density at radius 2 is 1.79 bits per heavy atom. The van der Waals surface area contributed by atoms with E-state index in [1.807, 2.05) is 62.4 Å². The smallest absolute Gasteiger partial charge is 0.168 e. The van der Waals surface area contributed by atoms with Crippen LogP contribution in [0.3, 0.4) is 0 Å². The highest BCUT2D eigenvalue weighted by Crippen LogP contribution is 2.13. The lowest BCUT2D eigenvalue weighted by molar-refractivity contribution is 0.100. The van der Waals surface area contributed by atoms with Crippen LogP contribution in [0.15, 0.2) is 53.5 Å². The van der Waals surface area contributed by atoms with Crippen LogP contribution < -0.4 is 0 Å². The van der Waals surface area contributed by atoms with Gasteiger partial charge in [-0.05, 0) is 31.5 Å². The van der Waals surface area contributed by atoms with Crippen LogP contribution in [0, 0.1) is 13.8 Å². The van der Waals surface area contributed by atoms with Gasteiger partial charge in [-0.3, -0.25) is 9.79 Å². The first kappa shape index (κ1) is 13.2. The van der Waals surface area contributed by atoms with Gasteiger partial charge in [0.05, 0.1) is 5.69 Å². The zero-order chi connectivity index (χ0) is 13.7. The van der Waals surface area contributed by atoms with E-state index in [0.717, 1.165) is 16.8 Å². The van der Waals surface area contributed by atoms with Gasteiger partial charge in [-0.1, -0.05) is 42.0 Å². The molecule has 0 N–H and O–H groups in total. The normalized spacial score (nSPS) is 10.8. The van der Waals surface area contributed by atoms with Crippen molar-refractivity contribution in [3.63, 3.8) is 0 Å². The molecule has 0 amide bonds. The van der Waals surface area contributed by atoms with Crippen LogP contribution in [0.25, 0.3) is 0 Å². The van der Waals surface area contributed by atoms with E-state index in [9.17, 15) is 4.79 Å². The molecule has 96 valence electrons. The van der Waals surface area contributed by atoms with E-state index in [1.54, 1.807) is 6.21 Å². The number of carbonyl (C=O) groups excluding carboxylic acids is 1. The Morgan fingerprint density at radius 3 is 2.47 bits per heavy atom. The highest BCUT2D eigenvalue weighted by atomic mass is 16.1. The molecule has 2 heteroatoms. The molecule has 0 saturated heterocycles. The van der Waals surface area contributed by atoms with Gasteiger partial charge in [0.2, 0.25) is 0 Å². The van der Waals surface area contributed by atoms with E-state index in [2.05, 4.69) is 4.99 Å². The maximum absolute atomic E-state index is 11.9. The molecule has 0 atom stereocenters. The molecule has 2 aromatic carbocycles. The Kier molecular flexibility index (Phi) is 4.24. The Labute approximate surface area is 113 Å². The fourth-order valence-electron chi connectivity index (χ4n) is 1.80. The van der Waals surface area contributed by atoms with Crippen molar-refractivity contribution >= 4 is 17.7 Å². The summed E-state index contributed by atoms with van der Waals surface area (Å²) in [4.78, 5) is 16.2. The molecule has 2 aromatic rings. The lowest BCUT2D eigenvalue weighted by Gasteiger charge is -1.98. The highest BCUT2D eigenvalue weighted by Gasteiger charge is 2.02. The third kappa shape index (κ3) is 3.88. The van der Waals surface area contributed by atoms with Crippen molar-refractivity contribution in [3.05, 3.63) is 65.2 Å². The van der Waals surface area contributed by atoms with E-state index >= 15 is 0 Å². The molecule has 0 saturated carbocycles. The van der Waals surface area contributed by atoms with Gasteiger partial charge in [0.15, 0.2) is 5.78 Å². The fraction of sp³-hybridized carbons (Fsp3) is 0.176. The van der Waals surface area contributed by atoms with Gasteiger partial charge in [0.25, 0.3) is 0 Å². The van der Waals surface area contributed by atoms with Gasteiger partial charge in [-0.15, -0.1) is 0 Å². The monoisotopic (exact) mass is 251 g/mol. The Morgan fingerprint density at radius 1 is 1.05 bits per heavy atom. The molecule has 2 nitrogen and oxygen atoms in total. The lowest BCUT2D eigenvalue weighted by atomic mass is 10.1. The Hall–Kier alpha value is -2.22. The van der Waals surface area contributed by atoms with Crippen molar-refractivity contribution in [1.82, 2.24) is 0 Å². The van der Waals surface area contributed by atoms with E-state index in [0.29, 0.717) is 6.42 Å². The number of rotatable bonds is 4. The Bertz CT molecular complexity index is 597. The van der Waals surface area contributed by atoms with Crippen LogP contribution in [-0.2, 0) is 0 Å². The zero-order valence-corrected chi connectivity index (χ0v) is 11.3. The van der Waals surface area contributed by atoms with Crippen molar-refractivity contribution in [3.8, 4) is 0 Å². The average molecular weight is 251 g/mol. The molecule has 0 aliphatic carbocycles. The second-order valence-electron chi connectivity index (χ2n) is 4.64. The molecule has 0 aliphatic heterocycles. The first-order valence-corrected chi connectivity index (χ1v) is 6.34. The third-order valence-corrected chi connectivity index (χ3v) is 2.89. The number of Topliss-reactive ketones (excluding diaryl/α,β-unsaturated/α-hetero) is 1. The number of ketones is 1. The molecule has 19 heavy (non-hydrogen) atoms. The minimum atomic E-state index is 0.0939. The number of aliphatic imine (C=N–C) groups is 1. The Balaban J connectivity index is 1.98. The van der Waals surface area contributed by atoms with Crippen molar-refractivity contribution in [2.45, 2.75) is 20.3 Å². The van der Waals surface area contributed by atoms with Gasteiger partial charge >= 0.3 is 0 Å². The maximum atomic E-state index is 11.9. The van der Waals surface area contributed by atoms with Gasteiger partial charge in [0.1, 0.15) is 0 Å². The summed E-state index contributed by atoms with van der Waals surface area (Å²) in [5.74, 6) is 0.0939. The molecule has 0 unspecified atom stereocenters. The largest absolute Gasteiger partial charge is 0.294 e. The molecule has 0 aromatic heterocycles. The number of aryl methyl sites for hydroxylation is 2. The zero-order valence-electron chi connectivity index (χ0n) is 11.3. The van der Waals surface area contributed by atoms with Crippen LogP contribution in [0.2, 0.25) is 0 Å². The molecule has 0 radical (unpaired) electrons. The van der Waals surface area contributed by atoms with Gasteiger partial charge < -0.3 is 0 Å². The van der Waals surface area contributed by atoms with Gasteiger partial charge in [-0.25, -0.2) is 0 Å². The molecular weight excluding hydrogens is 234 g/mol. The maximum Gasteiger partial charge on any atom is 0.168 e. The summed E-state index contributed by atoms with van der Waals surface area (Å²) in [6.07, 6.45) is 2.01. The second kappa shape index (κ2) is 6.10. The van der Waals surface area contributed by atoms with Crippen molar-refractivity contribution in [2.75, 3.05) is 0 Å². The van der Waals surface area contributed by atoms with E-state index in [4.69, 9.17) is 0 Å². The third-order valence-electron chi connectivity index (χ3n) is 2.89. The quantitative estimate of drug-likeness (QED) is 0.589. The number of nitrogens with zero attached hydrogens (tertiary/aromatic N) is 1. The van der Waals surface area contributed by atoms with Crippen LogP contribution in [0.5, 0.6) is 0 Å². The SMILES string of the molecule is Cc1ccc(C(=O)CC=Nc2cccc(C)c2)cc1. The lowest BCUT2D eigenvalue weighted by Crippen LogP contribution is -1.99.